The summed E-state index contributed by atoms with van der Waals surface area (Å²) in [5, 5.41) is 0. The van der Waals surface area contributed by atoms with E-state index in [4.69, 9.17) is 5.73 Å². The first-order chi connectivity index (χ1) is 12.1. The van der Waals surface area contributed by atoms with Crippen LogP contribution in [0.5, 0.6) is 0 Å². The fourth-order valence-electron chi connectivity index (χ4n) is 2.32. The van der Waals surface area contributed by atoms with Crippen LogP contribution in [0.4, 0.5) is 5.82 Å². The van der Waals surface area contributed by atoms with Gasteiger partial charge in [0.15, 0.2) is 12.1 Å². The highest BCUT2D eigenvalue weighted by Crippen LogP contribution is 2.11. The number of nitrogens with zero attached hydrogens (tertiary/aromatic N) is 3. The van der Waals surface area contributed by atoms with Crippen molar-refractivity contribution in [1.82, 2.24) is 24.6 Å². The topological polar surface area (TPSA) is 149 Å². The molecule has 0 bridgehead atoms. The van der Waals surface area contributed by atoms with Gasteiger partial charge in [0.1, 0.15) is 5.56 Å². The predicted molar refractivity (Wildman–Crippen MR) is 91.3 cm³/mol. The molecule has 10 heteroatoms. The third kappa shape index (κ3) is 3.50. The Morgan fingerprint density at radius 3 is 3.04 bits per heavy atom. The number of anilines is 1. The Hall–Kier alpha value is -3.61. The Kier molecular flexibility index (Phi) is 4.47. The van der Waals surface area contributed by atoms with Crippen LogP contribution in [-0.4, -0.2) is 31.2 Å². The molecule has 0 atom stereocenters. The molecule has 0 radical (unpaired) electrons. The van der Waals surface area contributed by atoms with Crippen molar-refractivity contribution in [2.75, 3.05) is 17.7 Å². The largest absolute Gasteiger partial charge is 0.380 e. The molecular weight excluding hydrogens is 324 g/mol. The van der Waals surface area contributed by atoms with Crippen LogP contribution in [0.1, 0.15) is 24.7 Å². The zero-order valence-corrected chi connectivity index (χ0v) is 13.5. The molecule has 0 fully saturated rings. The molecular formula is C15H17N8O2+. The molecule has 0 aliphatic rings. The fourth-order valence-corrected chi connectivity index (χ4v) is 2.32. The number of aromatic nitrogens is 6. The molecule has 10 nitrogen and oxygen atoms in total. The first-order valence-corrected chi connectivity index (χ1v) is 7.62. The average molecular weight is 341 g/mol. The lowest BCUT2D eigenvalue weighted by Crippen LogP contribution is -2.36. The SMILES string of the molecule is CC#Cc1cn(NCCCc2nc(N)c3[nH]c[nH+]c3n2)c(=O)[nH]c1=O. The second-order valence-corrected chi connectivity index (χ2v) is 5.24. The Bertz CT molecular complexity index is 1080. The maximum Gasteiger partial charge on any atom is 0.346 e. The maximum absolute atomic E-state index is 11.8. The quantitative estimate of drug-likeness (QED) is 0.337. The first kappa shape index (κ1) is 16.3. The predicted octanol–water partition coefficient (Wildman–Crippen LogP) is -1.25. The summed E-state index contributed by atoms with van der Waals surface area (Å²) in [4.78, 5) is 40.1. The van der Waals surface area contributed by atoms with E-state index in [-0.39, 0.29) is 5.56 Å². The molecule has 3 heterocycles. The van der Waals surface area contributed by atoms with E-state index in [0.717, 1.165) is 0 Å². The van der Waals surface area contributed by atoms with Gasteiger partial charge in [-0.3, -0.25) is 14.8 Å². The van der Waals surface area contributed by atoms with Gasteiger partial charge < -0.3 is 11.2 Å². The summed E-state index contributed by atoms with van der Waals surface area (Å²) in [5.41, 5.74) is 9.28. The van der Waals surface area contributed by atoms with E-state index in [1.807, 2.05) is 0 Å². The van der Waals surface area contributed by atoms with Crippen LogP contribution in [0, 0.1) is 11.8 Å². The van der Waals surface area contributed by atoms with Crippen LogP contribution >= 0.6 is 0 Å². The van der Waals surface area contributed by atoms with Crippen LogP contribution in [0.2, 0.25) is 0 Å². The number of aromatic amines is 3. The average Bonchev–Trinajstić information content (AvgIpc) is 3.04. The minimum Gasteiger partial charge on any atom is -0.380 e. The van der Waals surface area contributed by atoms with Gasteiger partial charge in [0, 0.05) is 13.0 Å². The van der Waals surface area contributed by atoms with Gasteiger partial charge in [0.2, 0.25) is 11.3 Å². The normalized spacial score (nSPS) is 10.4. The van der Waals surface area contributed by atoms with Gasteiger partial charge in [-0.05, 0) is 13.3 Å². The molecule has 3 aromatic rings. The second-order valence-electron chi connectivity index (χ2n) is 5.24. The standard InChI is InChI=1S/C15H16N8O2/c1-2-4-9-7-23(15(25)22-14(9)24)19-6-3-5-10-20-12(16)11-13(21-10)18-8-17-11/h7-8,19H,3,5-6H2,1H3,(H,22,24,25)(H3,16,17,18,20,21)/p+1. The van der Waals surface area contributed by atoms with Crippen molar-refractivity contribution in [3.8, 4) is 11.8 Å². The fraction of sp³-hybridized carbons (Fsp3) is 0.267. The summed E-state index contributed by atoms with van der Waals surface area (Å²) in [7, 11) is 0. The van der Waals surface area contributed by atoms with Gasteiger partial charge in [0.05, 0.1) is 6.20 Å². The molecule has 0 unspecified atom stereocenters. The molecule has 128 valence electrons. The number of hydrogen-bond donors (Lipinski definition) is 4. The number of rotatable bonds is 5. The van der Waals surface area contributed by atoms with Crippen LogP contribution < -0.4 is 27.4 Å². The Labute approximate surface area is 141 Å². The van der Waals surface area contributed by atoms with Crippen LogP contribution in [0.15, 0.2) is 22.1 Å². The van der Waals surface area contributed by atoms with E-state index in [9.17, 15) is 9.59 Å². The number of nitrogen functional groups attached to an aromatic ring is 1. The van der Waals surface area contributed by atoms with Crippen LogP contribution in [-0.2, 0) is 6.42 Å². The number of H-pyrrole nitrogens is 3. The van der Waals surface area contributed by atoms with Crippen molar-refractivity contribution in [2.45, 2.75) is 19.8 Å². The van der Waals surface area contributed by atoms with Gasteiger partial charge >= 0.3 is 11.3 Å². The molecule has 0 aliphatic heterocycles. The lowest BCUT2D eigenvalue weighted by atomic mass is 10.3. The van der Waals surface area contributed by atoms with Crippen molar-refractivity contribution < 1.29 is 4.98 Å². The highest BCUT2D eigenvalue weighted by molar-refractivity contribution is 5.78. The van der Waals surface area contributed by atoms with E-state index in [1.54, 1.807) is 13.3 Å². The van der Waals surface area contributed by atoms with E-state index in [0.29, 0.717) is 42.2 Å². The summed E-state index contributed by atoms with van der Waals surface area (Å²) in [5.74, 6) is 6.27. The molecule has 0 aliphatic carbocycles. The number of aryl methyl sites for hydroxylation is 1. The van der Waals surface area contributed by atoms with Crippen LogP contribution in [0.3, 0.4) is 0 Å². The summed E-state index contributed by atoms with van der Waals surface area (Å²) in [6.45, 7) is 2.09. The van der Waals surface area contributed by atoms with Crippen molar-refractivity contribution in [1.29, 1.82) is 0 Å². The molecule has 3 rings (SSSR count). The highest BCUT2D eigenvalue weighted by atomic mass is 16.2. The summed E-state index contributed by atoms with van der Waals surface area (Å²) >= 11 is 0. The van der Waals surface area contributed by atoms with Crippen molar-refractivity contribution >= 4 is 17.0 Å². The highest BCUT2D eigenvalue weighted by Gasteiger charge is 2.13. The number of nitrogens with two attached hydrogens (primary N) is 1. The van der Waals surface area contributed by atoms with E-state index in [2.05, 4.69) is 42.2 Å². The van der Waals surface area contributed by atoms with E-state index >= 15 is 0 Å². The summed E-state index contributed by atoms with van der Waals surface area (Å²) < 4.78 is 1.21. The molecule has 0 amide bonds. The van der Waals surface area contributed by atoms with Crippen molar-refractivity contribution in [2.24, 2.45) is 0 Å². The number of fused-ring (bicyclic) bond motifs is 1. The second kappa shape index (κ2) is 6.88. The van der Waals surface area contributed by atoms with Gasteiger partial charge in [-0.25, -0.2) is 14.5 Å². The summed E-state index contributed by atoms with van der Waals surface area (Å²) in [6, 6.07) is 0. The Balaban J connectivity index is 1.64. The van der Waals surface area contributed by atoms with E-state index in [1.165, 1.54) is 10.9 Å². The lowest BCUT2D eigenvalue weighted by Gasteiger charge is -2.08. The number of hydrogen-bond acceptors (Lipinski definition) is 6. The van der Waals surface area contributed by atoms with Gasteiger partial charge in [-0.2, -0.15) is 4.98 Å². The van der Waals surface area contributed by atoms with Crippen molar-refractivity contribution in [3.63, 3.8) is 0 Å². The molecule has 0 spiro atoms. The molecule has 0 saturated carbocycles. The van der Waals surface area contributed by atoms with Gasteiger partial charge in [0.25, 0.3) is 5.56 Å². The molecule has 0 saturated heterocycles. The smallest absolute Gasteiger partial charge is 0.346 e. The number of nitrogens with one attached hydrogen (secondary N) is 4. The summed E-state index contributed by atoms with van der Waals surface area (Å²) in [6.07, 6.45) is 4.26. The molecule has 6 N–H and O–H groups in total. The van der Waals surface area contributed by atoms with Crippen molar-refractivity contribution in [3.05, 3.63) is 44.8 Å². The Morgan fingerprint density at radius 2 is 2.24 bits per heavy atom. The minimum atomic E-state index is -0.546. The Morgan fingerprint density at radius 1 is 1.40 bits per heavy atom. The monoisotopic (exact) mass is 341 g/mol. The first-order valence-electron chi connectivity index (χ1n) is 7.62. The van der Waals surface area contributed by atoms with Gasteiger partial charge in [-0.15, -0.1) is 5.92 Å². The minimum absolute atomic E-state index is 0.221. The van der Waals surface area contributed by atoms with Crippen LogP contribution in [0.25, 0.3) is 11.2 Å². The third-order valence-corrected chi connectivity index (χ3v) is 3.47. The van der Waals surface area contributed by atoms with E-state index < -0.39 is 11.2 Å². The lowest BCUT2D eigenvalue weighted by molar-refractivity contribution is -0.347. The zero-order valence-electron chi connectivity index (χ0n) is 13.5. The molecule has 3 aromatic heterocycles. The molecule has 25 heavy (non-hydrogen) atoms. The zero-order chi connectivity index (χ0) is 17.8. The maximum atomic E-state index is 11.8. The number of imidazole rings is 1. The van der Waals surface area contributed by atoms with Gasteiger partial charge in [-0.1, -0.05) is 10.9 Å². The third-order valence-electron chi connectivity index (χ3n) is 3.47. The molecule has 0 aromatic carbocycles.